The Balaban J connectivity index is 1.50. The lowest BCUT2D eigenvalue weighted by Crippen LogP contribution is -2.29. The molecule has 8 nitrogen and oxygen atoms in total. The van der Waals surface area contributed by atoms with Gasteiger partial charge in [-0.05, 0) is 67.4 Å². The highest BCUT2D eigenvalue weighted by Gasteiger charge is 2.48. The van der Waals surface area contributed by atoms with Crippen molar-refractivity contribution in [3.8, 4) is 11.5 Å². The van der Waals surface area contributed by atoms with Gasteiger partial charge in [-0.15, -0.1) is 0 Å². The molecular formula is C28H23N3O5S. The van der Waals surface area contributed by atoms with Gasteiger partial charge in [0, 0.05) is 24.4 Å². The summed E-state index contributed by atoms with van der Waals surface area (Å²) in [5.41, 5.74) is 2.67. The Morgan fingerprint density at radius 3 is 2.86 bits per heavy atom. The summed E-state index contributed by atoms with van der Waals surface area (Å²) >= 11 is 1.29. The number of aliphatic hydroxyl groups excluding tert-OH is 1. The van der Waals surface area contributed by atoms with Crippen LogP contribution in [0.15, 0.2) is 66.5 Å². The van der Waals surface area contributed by atoms with Gasteiger partial charge in [0.1, 0.15) is 23.4 Å². The van der Waals surface area contributed by atoms with Gasteiger partial charge in [0.15, 0.2) is 5.13 Å². The molecule has 2 aliphatic rings. The number of hydrogen-bond acceptors (Lipinski definition) is 8. The molecule has 2 unspecified atom stereocenters. The Kier molecular flexibility index (Phi) is 5.64. The topological polar surface area (TPSA) is 102 Å². The number of ether oxygens (including phenoxy) is 2. The Hall–Kier alpha value is -4.24. The first-order valence-corrected chi connectivity index (χ1v) is 12.8. The van der Waals surface area contributed by atoms with Crippen molar-refractivity contribution in [1.82, 2.24) is 9.97 Å². The molecule has 186 valence electrons. The minimum absolute atomic E-state index is 0.000764. The molecule has 0 spiro atoms. The van der Waals surface area contributed by atoms with E-state index in [1.807, 2.05) is 38.1 Å². The van der Waals surface area contributed by atoms with E-state index in [0.29, 0.717) is 40.6 Å². The Morgan fingerprint density at radius 2 is 2.08 bits per heavy atom. The van der Waals surface area contributed by atoms with Gasteiger partial charge in [-0.1, -0.05) is 17.4 Å². The number of aliphatic hydroxyl groups is 1. The number of carbonyl (C=O) groups excluding carboxylic acids is 2. The second-order valence-corrected chi connectivity index (χ2v) is 9.98. The van der Waals surface area contributed by atoms with E-state index >= 15 is 0 Å². The van der Waals surface area contributed by atoms with Crippen LogP contribution in [0.4, 0.5) is 5.13 Å². The van der Waals surface area contributed by atoms with Crippen LogP contribution >= 0.6 is 11.3 Å². The predicted octanol–water partition coefficient (Wildman–Crippen LogP) is 5.04. The minimum atomic E-state index is -0.885. The number of amides is 1. The predicted molar refractivity (Wildman–Crippen MR) is 140 cm³/mol. The van der Waals surface area contributed by atoms with Crippen molar-refractivity contribution in [3.05, 3.63) is 83.2 Å². The normalized spacial score (nSPS) is 20.3. The van der Waals surface area contributed by atoms with Crippen LogP contribution in [0.1, 0.15) is 36.6 Å². The van der Waals surface area contributed by atoms with Gasteiger partial charge >= 0.3 is 5.91 Å². The molecule has 0 aliphatic carbocycles. The summed E-state index contributed by atoms with van der Waals surface area (Å²) in [5, 5.41) is 11.8. The SMILES string of the molecule is CCOc1ccc2nc(N3C(=O)C(=O)C(=C(O)c4ccc5c(c4)CC(C)O5)C3c3cccnc3)sc2c1. The molecule has 4 aromatic rings. The van der Waals surface area contributed by atoms with Crippen LogP contribution < -0.4 is 14.4 Å². The number of thiazole rings is 1. The number of benzene rings is 2. The van der Waals surface area contributed by atoms with Crippen molar-refractivity contribution < 1.29 is 24.2 Å². The van der Waals surface area contributed by atoms with Gasteiger partial charge in [-0.2, -0.15) is 0 Å². The molecule has 0 saturated carbocycles. The number of nitrogens with zero attached hydrogens (tertiary/aromatic N) is 3. The number of anilines is 1. The summed E-state index contributed by atoms with van der Waals surface area (Å²) in [6.07, 6.45) is 3.95. The summed E-state index contributed by atoms with van der Waals surface area (Å²) in [5.74, 6) is -0.305. The van der Waals surface area contributed by atoms with Crippen LogP contribution in [-0.4, -0.2) is 39.5 Å². The van der Waals surface area contributed by atoms with Crippen molar-refractivity contribution in [2.45, 2.75) is 32.4 Å². The van der Waals surface area contributed by atoms with Crippen LogP contribution in [0.25, 0.3) is 16.0 Å². The molecule has 1 N–H and O–H groups in total. The Morgan fingerprint density at radius 1 is 1.22 bits per heavy atom. The van der Waals surface area contributed by atoms with Crippen LogP contribution in [-0.2, 0) is 16.0 Å². The molecule has 2 aromatic heterocycles. The van der Waals surface area contributed by atoms with Crippen molar-refractivity contribution >= 4 is 44.1 Å². The van der Waals surface area contributed by atoms with E-state index in [0.717, 1.165) is 16.0 Å². The van der Waals surface area contributed by atoms with Crippen LogP contribution in [0.3, 0.4) is 0 Å². The highest BCUT2D eigenvalue weighted by Crippen LogP contribution is 2.45. The number of carbonyl (C=O) groups is 2. The van der Waals surface area contributed by atoms with E-state index in [1.165, 1.54) is 16.2 Å². The number of aromatic nitrogens is 2. The molecule has 1 fully saturated rings. The maximum Gasteiger partial charge on any atom is 0.301 e. The fourth-order valence-corrected chi connectivity index (χ4v) is 5.88. The second kappa shape index (κ2) is 9.01. The third-order valence-electron chi connectivity index (χ3n) is 6.48. The van der Waals surface area contributed by atoms with Gasteiger partial charge < -0.3 is 14.6 Å². The van der Waals surface area contributed by atoms with E-state index in [1.54, 1.807) is 36.7 Å². The number of fused-ring (bicyclic) bond motifs is 2. The Labute approximate surface area is 216 Å². The lowest BCUT2D eigenvalue weighted by molar-refractivity contribution is -0.132. The highest BCUT2D eigenvalue weighted by atomic mass is 32.1. The first-order valence-electron chi connectivity index (χ1n) is 12.0. The molecular weight excluding hydrogens is 490 g/mol. The number of pyridine rings is 1. The van der Waals surface area contributed by atoms with Gasteiger partial charge in [-0.3, -0.25) is 19.5 Å². The number of Topliss-reactive ketones (excluding diaryl/α,β-unsaturated/α-hetero) is 1. The standard InChI is InChI=1S/C28H23N3O5S/c1-3-35-19-7-8-20-22(13-19)37-28(30-20)31-24(17-5-4-10-29-14-17)23(26(33)27(31)34)25(32)16-6-9-21-18(12-16)11-15(2)36-21/h4-10,12-15,24,32H,3,11H2,1-2H3. The maximum atomic E-state index is 13.4. The van der Waals surface area contributed by atoms with Crippen molar-refractivity contribution in [3.63, 3.8) is 0 Å². The second-order valence-electron chi connectivity index (χ2n) is 8.97. The summed E-state index contributed by atoms with van der Waals surface area (Å²) in [4.78, 5) is 37.1. The maximum absolute atomic E-state index is 13.4. The third kappa shape index (κ3) is 3.92. The molecule has 0 bridgehead atoms. The number of hydrogen-bond donors (Lipinski definition) is 1. The molecule has 2 atom stereocenters. The zero-order valence-electron chi connectivity index (χ0n) is 20.2. The molecule has 4 heterocycles. The van der Waals surface area contributed by atoms with E-state index in [9.17, 15) is 14.7 Å². The molecule has 9 heteroatoms. The minimum Gasteiger partial charge on any atom is -0.507 e. The average Bonchev–Trinajstić information content (AvgIpc) is 3.56. The summed E-state index contributed by atoms with van der Waals surface area (Å²) in [6, 6.07) is 13.4. The number of rotatable bonds is 5. The van der Waals surface area contributed by atoms with Crippen LogP contribution in [0.2, 0.25) is 0 Å². The summed E-state index contributed by atoms with van der Waals surface area (Å²) in [7, 11) is 0. The van der Waals surface area contributed by atoms with E-state index < -0.39 is 17.7 Å². The van der Waals surface area contributed by atoms with Gasteiger partial charge in [0.05, 0.1) is 28.4 Å². The molecule has 1 amide bonds. The lowest BCUT2D eigenvalue weighted by Gasteiger charge is -2.22. The zero-order valence-corrected chi connectivity index (χ0v) is 21.0. The summed E-state index contributed by atoms with van der Waals surface area (Å²) < 4.78 is 12.2. The van der Waals surface area contributed by atoms with E-state index in [2.05, 4.69) is 9.97 Å². The van der Waals surface area contributed by atoms with Gasteiger partial charge in [0.25, 0.3) is 5.78 Å². The molecule has 1 saturated heterocycles. The van der Waals surface area contributed by atoms with Crippen LogP contribution in [0.5, 0.6) is 11.5 Å². The van der Waals surface area contributed by atoms with Gasteiger partial charge in [-0.25, -0.2) is 4.98 Å². The molecule has 37 heavy (non-hydrogen) atoms. The van der Waals surface area contributed by atoms with Gasteiger partial charge in [0.2, 0.25) is 0 Å². The average molecular weight is 514 g/mol. The molecule has 2 aliphatic heterocycles. The Bertz CT molecular complexity index is 1580. The monoisotopic (exact) mass is 513 g/mol. The van der Waals surface area contributed by atoms with E-state index in [4.69, 9.17) is 9.47 Å². The molecule has 0 radical (unpaired) electrons. The quantitative estimate of drug-likeness (QED) is 0.227. The van der Waals surface area contributed by atoms with Crippen molar-refractivity contribution in [2.24, 2.45) is 0 Å². The van der Waals surface area contributed by atoms with Crippen molar-refractivity contribution in [2.75, 3.05) is 11.5 Å². The molecule has 6 rings (SSSR count). The lowest BCUT2D eigenvalue weighted by atomic mass is 9.95. The zero-order chi connectivity index (χ0) is 25.7. The summed E-state index contributed by atoms with van der Waals surface area (Å²) in [6.45, 7) is 4.41. The first-order chi connectivity index (χ1) is 17.9. The van der Waals surface area contributed by atoms with Crippen LogP contribution in [0, 0.1) is 0 Å². The number of ketones is 1. The van der Waals surface area contributed by atoms with E-state index in [-0.39, 0.29) is 17.4 Å². The molecule has 2 aromatic carbocycles. The smallest absolute Gasteiger partial charge is 0.301 e. The fraction of sp³-hybridized carbons (Fsp3) is 0.214. The first kappa shape index (κ1) is 23.2. The highest BCUT2D eigenvalue weighted by molar-refractivity contribution is 7.22. The third-order valence-corrected chi connectivity index (χ3v) is 7.50. The van der Waals surface area contributed by atoms with Crippen molar-refractivity contribution in [1.29, 1.82) is 0 Å². The fourth-order valence-electron chi connectivity index (χ4n) is 4.86. The largest absolute Gasteiger partial charge is 0.507 e.